The normalized spacial score (nSPS) is 16.7. The van der Waals surface area contributed by atoms with Gasteiger partial charge >= 0.3 is 0 Å². The van der Waals surface area contributed by atoms with E-state index >= 15 is 0 Å². The SMILES string of the molecule is CSc1ccc(CNC(=O)COc2cc(C)nc(N3CCC[C@H](C)C3)n2)cc1. The first-order chi connectivity index (χ1) is 13.5. The van der Waals surface area contributed by atoms with E-state index in [0.29, 0.717) is 24.3 Å². The summed E-state index contributed by atoms with van der Waals surface area (Å²) >= 11 is 1.70. The molecule has 2 heterocycles. The van der Waals surface area contributed by atoms with Crippen LogP contribution in [0, 0.1) is 12.8 Å². The molecular weight excluding hydrogens is 372 g/mol. The Morgan fingerprint density at radius 3 is 2.82 bits per heavy atom. The van der Waals surface area contributed by atoms with Crippen LogP contribution in [0.4, 0.5) is 5.95 Å². The monoisotopic (exact) mass is 400 g/mol. The molecule has 150 valence electrons. The van der Waals surface area contributed by atoms with Crippen LogP contribution in [0.5, 0.6) is 5.88 Å². The molecule has 1 aliphatic heterocycles. The lowest BCUT2D eigenvalue weighted by molar-refractivity contribution is -0.123. The van der Waals surface area contributed by atoms with Gasteiger partial charge in [0, 0.05) is 36.3 Å². The highest BCUT2D eigenvalue weighted by Crippen LogP contribution is 2.22. The number of hydrogen-bond acceptors (Lipinski definition) is 6. The van der Waals surface area contributed by atoms with Crippen molar-refractivity contribution in [3.63, 3.8) is 0 Å². The lowest BCUT2D eigenvalue weighted by Gasteiger charge is -2.31. The minimum Gasteiger partial charge on any atom is -0.467 e. The predicted octanol–water partition coefficient (Wildman–Crippen LogP) is 3.44. The molecule has 1 saturated heterocycles. The molecule has 1 atom stereocenters. The maximum Gasteiger partial charge on any atom is 0.258 e. The van der Waals surface area contributed by atoms with Gasteiger partial charge in [-0.3, -0.25) is 4.79 Å². The molecule has 6 nitrogen and oxygen atoms in total. The zero-order valence-corrected chi connectivity index (χ0v) is 17.6. The van der Waals surface area contributed by atoms with Crippen LogP contribution >= 0.6 is 11.8 Å². The average molecular weight is 401 g/mol. The fourth-order valence-electron chi connectivity index (χ4n) is 3.25. The number of amides is 1. The van der Waals surface area contributed by atoms with Crippen LogP contribution in [0.3, 0.4) is 0 Å². The molecule has 1 aromatic carbocycles. The number of thioether (sulfide) groups is 1. The molecule has 1 N–H and O–H groups in total. The van der Waals surface area contributed by atoms with Crippen molar-refractivity contribution in [3.8, 4) is 5.88 Å². The quantitative estimate of drug-likeness (QED) is 0.718. The fraction of sp³-hybridized carbons (Fsp3) is 0.476. The van der Waals surface area contributed by atoms with Gasteiger partial charge in [0.1, 0.15) is 0 Å². The first-order valence-corrected chi connectivity index (χ1v) is 10.9. The molecule has 2 aromatic rings. The van der Waals surface area contributed by atoms with Crippen LogP contribution < -0.4 is 15.0 Å². The van der Waals surface area contributed by atoms with E-state index < -0.39 is 0 Å². The standard InChI is InChI=1S/C21H28N4O2S/c1-15-5-4-10-25(13-15)21-23-16(2)11-20(24-21)27-14-19(26)22-12-17-6-8-18(28-3)9-7-17/h6-9,11,15H,4-5,10,12-14H2,1-3H3,(H,22,26)/t15-/m0/s1. The minimum atomic E-state index is -0.168. The van der Waals surface area contributed by atoms with Crippen molar-refractivity contribution < 1.29 is 9.53 Å². The molecule has 3 rings (SSSR count). The average Bonchev–Trinajstić information content (AvgIpc) is 2.70. The maximum absolute atomic E-state index is 12.1. The Kier molecular flexibility index (Phi) is 7.14. The summed E-state index contributed by atoms with van der Waals surface area (Å²) in [7, 11) is 0. The number of piperidine rings is 1. The van der Waals surface area contributed by atoms with Gasteiger partial charge in [-0.2, -0.15) is 4.98 Å². The fourth-order valence-corrected chi connectivity index (χ4v) is 3.65. The summed E-state index contributed by atoms with van der Waals surface area (Å²) < 4.78 is 5.64. The zero-order chi connectivity index (χ0) is 19.9. The van der Waals surface area contributed by atoms with E-state index in [1.807, 2.05) is 25.3 Å². The van der Waals surface area contributed by atoms with E-state index in [1.54, 1.807) is 17.8 Å². The molecule has 0 radical (unpaired) electrons. The largest absolute Gasteiger partial charge is 0.467 e. The summed E-state index contributed by atoms with van der Waals surface area (Å²) in [6.45, 7) is 6.51. The number of rotatable bonds is 7. The highest BCUT2D eigenvalue weighted by molar-refractivity contribution is 7.98. The summed E-state index contributed by atoms with van der Waals surface area (Å²) in [4.78, 5) is 24.6. The number of carbonyl (C=O) groups is 1. The molecule has 1 amide bonds. The Hall–Kier alpha value is -2.28. The van der Waals surface area contributed by atoms with Gasteiger partial charge in [0.15, 0.2) is 6.61 Å². The smallest absolute Gasteiger partial charge is 0.258 e. The van der Waals surface area contributed by atoms with Crippen molar-refractivity contribution in [2.24, 2.45) is 5.92 Å². The second-order valence-electron chi connectivity index (χ2n) is 7.25. The van der Waals surface area contributed by atoms with Gasteiger partial charge in [-0.25, -0.2) is 4.98 Å². The lowest BCUT2D eigenvalue weighted by Crippen LogP contribution is -2.35. The number of aryl methyl sites for hydroxylation is 1. The second kappa shape index (κ2) is 9.78. The van der Waals surface area contributed by atoms with E-state index in [2.05, 4.69) is 39.2 Å². The van der Waals surface area contributed by atoms with Crippen molar-refractivity contribution in [3.05, 3.63) is 41.6 Å². The lowest BCUT2D eigenvalue weighted by atomic mass is 10.0. The number of nitrogens with one attached hydrogen (secondary N) is 1. The number of nitrogens with zero attached hydrogens (tertiary/aromatic N) is 3. The molecule has 0 unspecified atom stereocenters. The van der Waals surface area contributed by atoms with Crippen LogP contribution in [0.15, 0.2) is 35.2 Å². The summed E-state index contributed by atoms with van der Waals surface area (Å²) in [6.07, 6.45) is 4.43. The summed E-state index contributed by atoms with van der Waals surface area (Å²) in [5.41, 5.74) is 1.90. The van der Waals surface area contributed by atoms with E-state index in [1.165, 1.54) is 11.3 Å². The Balaban J connectivity index is 1.52. The van der Waals surface area contributed by atoms with Crippen LogP contribution in [0.25, 0.3) is 0 Å². The first-order valence-electron chi connectivity index (χ1n) is 9.66. The number of ether oxygens (including phenoxy) is 1. The van der Waals surface area contributed by atoms with Crippen molar-refractivity contribution in [2.75, 3.05) is 30.9 Å². The van der Waals surface area contributed by atoms with Crippen molar-refractivity contribution in [1.82, 2.24) is 15.3 Å². The first kappa shape index (κ1) is 20.5. The Morgan fingerprint density at radius 1 is 1.32 bits per heavy atom. The molecule has 1 fully saturated rings. The highest BCUT2D eigenvalue weighted by atomic mass is 32.2. The van der Waals surface area contributed by atoms with Gasteiger partial charge in [0.2, 0.25) is 11.8 Å². The predicted molar refractivity (Wildman–Crippen MR) is 113 cm³/mol. The van der Waals surface area contributed by atoms with Gasteiger partial charge in [-0.15, -0.1) is 11.8 Å². The third-order valence-electron chi connectivity index (χ3n) is 4.76. The number of benzene rings is 1. The van der Waals surface area contributed by atoms with E-state index in [-0.39, 0.29) is 12.5 Å². The molecule has 7 heteroatoms. The summed E-state index contributed by atoms with van der Waals surface area (Å²) in [6, 6.07) is 9.91. The number of aromatic nitrogens is 2. The van der Waals surface area contributed by atoms with Crippen molar-refractivity contribution in [1.29, 1.82) is 0 Å². The van der Waals surface area contributed by atoms with Crippen LogP contribution in [-0.2, 0) is 11.3 Å². The Bertz CT molecular complexity index is 797. The van der Waals surface area contributed by atoms with E-state index in [9.17, 15) is 4.79 Å². The van der Waals surface area contributed by atoms with E-state index in [0.717, 1.165) is 30.8 Å². The zero-order valence-electron chi connectivity index (χ0n) is 16.8. The Labute approximate surface area is 171 Å². The van der Waals surface area contributed by atoms with Crippen LogP contribution in [0.2, 0.25) is 0 Å². The highest BCUT2D eigenvalue weighted by Gasteiger charge is 2.19. The number of anilines is 1. The van der Waals surface area contributed by atoms with Crippen molar-refractivity contribution >= 4 is 23.6 Å². The van der Waals surface area contributed by atoms with Gasteiger partial charge < -0.3 is 15.0 Å². The van der Waals surface area contributed by atoms with Crippen LogP contribution in [0.1, 0.15) is 31.0 Å². The molecule has 1 aromatic heterocycles. The molecule has 0 spiro atoms. The number of carbonyl (C=O) groups excluding carboxylic acids is 1. The van der Waals surface area contributed by atoms with E-state index in [4.69, 9.17) is 4.74 Å². The van der Waals surface area contributed by atoms with Gasteiger partial charge in [0.05, 0.1) is 0 Å². The molecule has 0 bridgehead atoms. The minimum absolute atomic E-state index is 0.0603. The molecular formula is C21H28N4O2S. The molecule has 0 aliphatic carbocycles. The maximum atomic E-state index is 12.1. The van der Waals surface area contributed by atoms with Gasteiger partial charge in [-0.05, 0) is 49.6 Å². The van der Waals surface area contributed by atoms with Gasteiger partial charge in [0.25, 0.3) is 5.91 Å². The molecule has 0 saturated carbocycles. The summed E-state index contributed by atoms with van der Waals surface area (Å²) in [5, 5.41) is 2.88. The molecule has 1 aliphatic rings. The third kappa shape index (κ3) is 5.86. The third-order valence-corrected chi connectivity index (χ3v) is 5.50. The second-order valence-corrected chi connectivity index (χ2v) is 8.13. The molecule has 28 heavy (non-hydrogen) atoms. The Morgan fingerprint density at radius 2 is 2.11 bits per heavy atom. The van der Waals surface area contributed by atoms with Gasteiger partial charge in [-0.1, -0.05) is 19.1 Å². The summed E-state index contributed by atoms with van der Waals surface area (Å²) in [5.74, 6) is 1.60. The van der Waals surface area contributed by atoms with Crippen molar-refractivity contribution in [2.45, 2.75) is 38.1 Å². The number of hydrogen-bond donors (Lipinski definition) is 1. The topological polar surface area (TPSA) is 67.3 Å². The van der Waals surface area contributed by atoms with Crippen LogP contribution in [-0.4, -0.2) is 41.8 Å².